The van der Waals surface area contributed by atoms with E-state index >= 15 is 0 Å². The van der Waals surface area contributed by atoms with Crippen molar-refractivity contribution in [3.8, 4) is 112 Å². The number of fused-ring (bicyclic) bond motifs is 27. The van der Waals surface area contributed by atoms with Crippen molar-refractivity contribution in [1.29, 1.82) is 0 Å². The van der Waals surface area contributed by atoms with Crippen LogP contribution in [0, 0.1) is 0 Å². The van der Waals surface area contributed by atoms with Crippen molar-refractivity contribution in [3.05, 3.63) is 461 Å². The van der Waals surface area contributed by atoms with Crippen LogP contribution in [0.3, 0.4) is 0 Å². The molecule has 6 nitrogen and oxygen atoms in total. The fourth-order valence-corrected chi connectivity index (χ4v) is 23.9. The molecule has 0 aliphatic carbocycles. The molecule has 28 aromatic rings. The summed E-state index contributed by atoms with van der Waals surface area (Å²) >= 11 is 5.63. The van der Waals surface area contributed by atoms with E-state index in [1.165, 1.54) is 160 Å². The van der Waals surface area contributed by atoms with Crippen LogP contribution in [0.2, 0.25) is 0 Å². The zero-order chi connectivity index (χ0) is 89.0. The van der Waals surface area contributed by atoms with Crippen LogP contribution < -0.4 is 0 Å². The molecule has 0 radical (unpaired) electrons. The lowest BCUT2D eigenvalue weighted by atomic mass is 9.93. The summed E-state index contributed by atoms with van der Waals surface area (Å²) in [5.41, 5.74) is 28.1. The molecule has 0 saturated heterocycles. The van der Waals surface area contributed by atoms with Crippen molar-refractivity contribution in [2.75, 3.05) is 0 Å². The summed E-state index contributed by atoms with van der Waals surface area (Å²) in [5.74, 6) is 0. The summed E-state index contributed by atoms with van der Waals surface area (Å²) < 4.78 is 7.99. The average Bonchev–Trinajstić information content (AvgIpc) is 1.69. The quantitative estimate of drug-likeness (QED) is 0.127. The topological polar surface area (TPSA) is 77.3 Å². The molecule has 0 aliphatic rings. The van der Waals surface area contributed by atoms with E-state index in [1.807, 2.05) is 94.9 Å². The maximum atomic E-state index is 5.44. The number of nitrogens with zero attached hydrogens (tertiary/aromatic N) is 6. The second kappa shape index (κ2) is 33.2. The highest BCUT2D eigenvalue weighted by Gasteiger charge is 2.23. The molecular weight excluding hydrogens is 1690 g/mol. The highest BCUT2D eigenvalue weighted by atomic mass is 32.1. The van der Waals surface area contributed by atoms with Gasteiger partial charge in [-0.1, -0.05) is 394 Å². The van der Waals surface area contributed by atoms with E-state index in [9.17, 15) is 0 Å². The number of benzene rings is 22. The molecule has 0 amide bonds. The molecular formula is C126H76N6S3. The Morgan fingerprint density at radius 1 is 0.141 bits per heavy atom. The van der Waals surface area contributed by atoms with Crippen molar-refractivity contribution in [2.45, 2.75) is 0 Å². The second-order valence-electron chi connectivity index (χ2n) is 34.5. The largest absolute Gasteiger partial charge is 0.252 e. The number of thiophene rings is 3. The molecule has 0 unspecified atom stereocenters. The van der Waals surface area contributed by atoms with E-state index in [0.29, 0.717) is 0 Å². The molecule has 6 aromatic heterocycles. The Balaban J connectivity index is 0.000000106. The molecule has 0 N–H and O–H groups in total. The van der Waals surface area contributed by atoms with Gasteiger partial charge in [-0.2, -0.15) is 0 Å². The predicted octanol–water partition coefficient (Wildman–Crippen LogP) is 35.6. The van der Waals surface area contributed by atoms with Gasteiger partial charge in [-0.25, -0.2) is 19.9 Å². The van der Waals surface area contributed by atoms with Gasteiger partial charge in [0, 0.05) is 115 Å². The average molecular weight is 1770 g/mol. The van der Waals surface area contributed by atoms with Crippen LogP contribution in [0.5, 0.6) is 0 Å². The first kappa shape index (κ1) is 79.1. The molecule has 6 heterocycles. The summed E-state index contributed by atoms with van der Waals surface area (Å²) in [6.45, 7) is 0. The lowest BCUT2D eigenvalue weighted by Crippen LogP contribution is -1.97. The van der Waals surface area contributed by atoms with Crippen LogP contribution in [-0.4, -0.2) is 29.9 Å². The molecule has 28 rings (SSSR count). The summed E-state index contributed by atoms with van der Waals surface area (Å²) in [7, 11) is 0. The van der Waals surface area contributed by atoms with Gasteiger partial charge in [0.1, 0.15) is 0 Å². The van der Waals surface area contributed by atoms with Gasteiger partial charge in [-0.3, -0.25) is 9.97 Å². The predicted molar refractivity (Wildman–Crippen MR) is 577 cm³/mol. The maximum Gasteiger partial charge on any atom is 0.0979 e. The Labute approximate surface area is 789 Å². The number of hydrogen-bond donors (Lipinski definition) is 0. The summed E-state index contributed by atoms with van der Waals surface area (Å²) in [6.07, 6.45) is 3.80. The third kappa shape index (κ3) is 13.9. The van der Waals surface area contributed by atoms with Crippen LogP contribution in [0.4, 0.5) is 0 Å². The van der Waals surface area contributed by atoms with Crippen molar-refractivity contribution in [1.82, 2.24) is 29.9 Å². The van der Waals surface area contributed by atoms with Crippen molar-refractivity contribution < 1.29 is 0 Å². The van der Waals surface area contributed by atoms with Crippen LogP contribution in [0.1, 0.15) is 0 Å². The third-order valence-electron chi connectivity index (χ3n) is 26.6. The van der Waals surface area contributed by atoms with Crippen LogP contribution in [0.25, 0.3) is 270 Å². The van der Waals surface area contributed by atoms with Crippen molar-refractivity contribution in [2.24, 2.45) is 0 Å². The highest BCUT2D eigenvalue weighted by Crippen LogP contribution is 2.48. The lowest BCUT2D eigenvalue weighted by Gasteiger charge is -2.15. The minimum atomic E-state index is 0.886. The van der Waals surface area contributed by atoms with E-state index in [2.05, 4.69) is 400 Å². The Bertz CT molecular complexity index is 9630. The normalized spacial score (nSPS) is 11.7. The number of aromatic nitrogens is 6. The van der Waals surface area contributed by atoms with Gasteiger partial charge in [-0.05, 0) is 154 Å². The molecule has 0 bridgehead atoms. The van der Waals surface area contributed by atoms with Gasteiger partial charge in [0.25, 0.3) is 0 Å². The van der Waals surface area contributed by atoms with Gasteiger partial charge in [0.05, 0.1) is 68.3 Å². The fraction of sp³-hybridized carbons (Fsp3) is 0. The first-order chi connectivity index (χ1) is 66.9. The molecule has 0 aliphatic heterocycles. The minimum absolute atomic E-state index is 0.886. The molecule has 0 atom stereocenters. The second-order valence-corrected chi connectivity index (χ2v) is 37.6. The SMILES string of the molecule is c1ccc(-c2cnc3c4ccc(-c5cccc(-c6cccc7c6sc6ccccc67)c5)cc4c4ccccc4c3n2)cc1.c1ccc(-c2cnc3c4ccccc4c4cc(-c5cccc(-c6cccc7c6sc6ccccc67)c5)ccc4c3n2)cc1.c1ccc(-c2nc3c4ccccc4c4cc(-c5cccc(-c6cccc7c6sc6ccccc67)c5)ccc4c3nc2-c2ccccc2)cc1. The van der Waals surface area contributed by atoms with Gasteiger partial charge < -0.3 is 0 Å². The smallest absolute Gasteiger partial charge is 0.0979 e. The standard InChI is InChI=1S/C46H28N2S.2C40H24N2S/c1-3-13-29(14-4-1)42-43(30-15-5-2-6-16-30)48-45-38-26-25-32(28-40(38)35-19-7-8-21-37(35)44(45)47-42)31-17-11-18-33(27-31)34-22-12-23-39-36-20-9-10-24-41(36)49-46(34)39;1-2-10-25(11-3-1)36-24-41-38-33-21-20-27(23-35(33)30-14-4-5-16-32(30)39(38)42-36)26-12-8-13-28(22-26)29-17-9-18-34-31-15-6-7-19-37(31)43-40(29)34;1-2-10-25(11-3-1)36-24-41-38-32-16-5-4-14-30(32)35-23-27(20-21-33(35)39(38)42-36)26-12-8-13-28(22-26)29-17-9-18-34-31-15-6-7-19-37(31)43-40(29)34/h1-28H;2*1-24H. The molecule has 0 fully saturated rings. The van der Waals surface area contributed by atoms with Crippen molar-refractivity contribution in [3.63, 3.8) is 0 Å². The minimum Gasteiger partial charge on any atom is -0.252 e. The maximum absolute atomic E-state index is 5.44. The Kier molecular flexibility index (Phi) is 19.4. The summed E-state index contributed by atoms with van der Waals surface area (Å²) in [5, 5.41) is 21.8. The third-order valence-corrected chi connectivity index (χ3v) is 30.3. The van der Waals surface area contributed by atoms with Gasteiger partial charge >= 0.3 is 0 Å². The van der Waals surface area contributed by atoms with E-state index < -0.39 is 0 Å². The Morgan fingerprint density at radius 3 is 0.719 bits per heavy atom. The van der Waals surface area contributed by atoms with Crippen LogP contribution in [-0.2, 0) is 0 Å². The number of hydrogen-bond acceptors (Lipinski definition) is 9. The molecule has 135 heavy (non-hydrogen) atoms. The van der Waals surface area contributed by atoms with Crippen LogP contribution >= 0.6 is 34.0 Å². The molecule has 0 saturated carbocycles. The highest BCUT2D eigenvalue weighted by molar-refractivity contribution is 7.27. The Morgan fingerprint density at radius 2 is 0.378 bits per heavy atom. The fourth-order valence-electron chi connectivity index (χ4n) is 20.2. The van der Waals surface area contributed by atoms with Crippen molar-refractivity contribution >= 4 is 192 Å². The number of rotatable bonds is 10. The molecule has 0 spiro atoms. The summed E-state index contributed by atoms with van der Waals surface area (Å²) in [4.78, 5) is 31.1. The Hall–Kier alpha value is -16.9. The molecule has 628 valence electrons. The van der Waals surface area contributed by atoms with E-state index in [1.54, 1.807) is 0 Å². The monoisotopic (exact) mass is 1770 g/mol. The lowest BCUT2D eigenvalue weighted by molar-refractivity contribution is 1.31. The zero-order valence-electron chi connectivity index (χ0n) is 72.8. The van der Waals surface area contributed by atoms with Gasteiger partial charge in [0.15, 0.2) is 0 Å². The van der Waals surface area contributed by atoms with E-state index in [4.69, 9.17) is 29.9 Å². The van der Waals surface area contributed by atoms with E-state index in [0.717, 1.165) is 110 Å². The van der Waals surface area contributed by atoms with E-state index in [-0.39, 0.29) is 0 Å². The zero-order valence-corrected chi connectivity index (χ0v) is 75.2. The van der Waals surface area contributed by atoms with Gasteiger partial charge in [-0.15, -0.1) is 34.0 Å². The first-order valence-electron chi connectivity index (χ1n) is 45.6. The first-order valence-corrected chi connectivity index (χ1v) is 48.0. The molecule has 22 aromatic carbocycles. The van der Waals surface area contributed by atoms with Crippen LogP contribution in [0.15, 0.2) is 461 Å². The van der Waals surface area contributed by atoms with Gasteiger partial charge in [0.2, 0.25) is 0 Å². The molecule has 9 heteroatoms. The summed E-state index contributed by atoms with van der Waals surface area (Å²) in [6, 6.07) is 161.